The molecule has 0 radical (unpaired) electrons. The molecule has 0 bridgehead atoms. The largest absolute Gasteiger partial charge is 0.480 e. The molecule has 0 aromatic carbocycles. The van der Waals surface area contributed by atoms with Crippen LogP contribution in [0.1, 0.15) is 41.0 Å². The molecule has 0 saturated heterocycles. The van der Waals surface area contributed by atoms with Crippen molar-refractivity contribution in [3.8, 4) is 0 Å². The van der Waals surface area contributed by atoms with Gasteiger partial charge in [-0.1, -0.05) is 20.8 Å². The van der Waals surface area contributed by atoms with Crippen LogP contribution in [-0.2, 0) is 9.59 Å². The first kappa shape index (κ1) is 15.9. The van der Waals surface area contributed by atoms with E-state index in [9.17, 15) is 9.59 Å². The zero-order chi connectivity index (χ0) is 13.9. The third-order valence-corrected chi connectivity index (χ3v) is 2.48. The van der Waals surface area contributed by atoms with Crippen LogP contribution in [0.2, 0.25) is 0 Å². The van der Waals surface area contributed by atoms with Crippen LogP contribution in [0.15, 0.2) is 0 Å². The Balaban J connectivity index is 4.62. The minimum absolute atomic E-state index is 0.0191. The predicted octanol–water partition coefficient (Wildman–Crippen LogP) is 0.977. The average Bonchev–Trinajstić information content (AvgIpc) is 2.11. The molecule has 0 rings (SSSR count). The fraction of sp³-hybridized carbons (Fsp3) is 0.833. The molecule has 0 aliphatic heterocycles. The number of amides is 1. The highest BCUT2D eigenvalue weighted by molar-refractivity contribution is 5.87. The number of carbonyl (C=O) groups excluding carboxylic acids is 1. The molecule has 5 heteroatoms. The predicted molar refractivity (Wildman–Crippen MR) is 66.5 cm³/mol. The number of carboxylic acid groups (broad SMARTS) is 1. The van der Waals surface area contributed by atoms with E-state index in [2.05, 4.69) is 5.32 Å². The van der Waals surface area contributed by atoms with Gasteiger partial charge in [-0.2, -0.15) is 0 Å². The summed E-state index contributed by atoms with van der Waals surface area (Å²) in [6.07, 6.45) is 0.630. The van der Waals surface area contributed by atoms with Crippen molar-refractivity contribution < 1.29 is 14.7 Å². The van der Waals surface area contributed by atoms with Gasteiger partial charge in [-0.25, -0.2) is 4.79 Å². The molecule has 1 unspecified atom stereocenters. The van der Waals surface area contributed by atoms with E-state index in [0.29, 0.717) is 6.42 Å². The highest BCUT2D eigenvalue weighted by atomic mass is 16.4. The summed E-state index contributed by atoms with van der Waals surface area (Å²) in [5.74, 6) is -1.71. The smallest absolute Gasteiger partial charge is 0.328 e. The number of nitrogens with one attached hydrogen (secondary N) is 1. The Morgan fingerprint density at radius 2 is 1.71 bits per heavy atom. The SMILES string of the molecule is CC(C)(C)CC(CN)C(=O)NC(C)(C)C(=O)O. The molecule has 0 aliphatic carbocycles. The molecular weight excluding hydrogens is 220 g/mol. The van der Waals surface area contributed by atoms with Gasteiger partial charge in [0.1, 0.15) is 5.54 Å². The van der Waals surface area contributed by atoms with Gasteiger partial charge in [0, 0.05) is 6.54 Å². The first-order valence-electron chi connectivity index (χ1n) is 5.75. The fourth-order valence-electron chi connectivity index (χ4n) is 1.49. The highest BCUT2D eigenvalue weighted by Gasteiger charge is 2.32. The van der Waals surface area contributed by atoms with E-state index >= 15 is 0 Å². The van der Waals surface area contributed by atoms with Gasteiger partial charge in [0.25, 0.3) is 0 Å². The number of hydrogen-bond acceptors (Lipinski definition) is 3. The second-order valence-electron chi connectivity index (χ2n) is 6.12. The average molecular weight is 244 g/mol. The maximum absolute atomic E-state index is 11.9. The van der Waals surface area contributed by atoms with Crippen molar-refractivity contribution in [3.05, 3.63) is 0 Å². The van der Waals surface area contributed by atoms with Crippen molar-refractivity contribution in [1.29, 1.82) is 0 Å². The Bertz CT molecular complexity index is 293. The van der Waals surface area contributed by atoms with E-state index in [-0.39, 0.29) is 23.8 Å². The van der Waals surface area contributed by atoms with E-state index < -0.39 is 11.5 Å². The number of nitrogens with two attached hydrogens (primary N) is 1. The molecule has 4 N–H and O–H groups in total. The summed E-state index contributed by atoms with van der Waals surface area (Å²) in [6.45, 7) is 9.19. The lowest BCUT2D eigenvalue weighted by molar-refractivity contribution is -0.146. The van der Waals surface area contributed by atoms with Gasteiger partial charge in [-0.15, -0.1) is 0 Å². The van der Waals surface area contributed by atoms with Crippen LogP contribution in [0.5, 0.6) is 0 Å². The van der Waals surface area contributed by atoms with Crippen LogP contribution >= 0.6 is 0 Å². The Hall–Kier alpha value is -1.10. The van der Waals surface area contributed by atoms with Crippen molar-refractivity contribution in [2.45, 2.75) is 46.6 Å². The minimum Gasteiger partial charge on any atom is -0.480 e. The van der Waals surface area contributed by atoms with E-state index in [1.807, 2.05) is 20.8 Å². The van der Waals surface area contributed by atoms with Gasteiger partial charge in [0.15, 0.2) is 0 Å². The number of aliphatic carboxylic acids is 1. The van der Waals surface area contributed by atoms with Crippen LogP contribution < -0.4 is 11.1 Å². The van der Waals surface area contributed by atoms with E-state index in [4.69, 9.17) is 10.8 Å². The monoisotopic (exact) mass is 244 g/mol. The van der Waals surface area contributed by atoms with E-state index in [1.165, 1.54) is 13.8 Å². The van der Waals surface area contributed by atoms with E-state index in [0.717, 1.165) is 0 Å². The maximum atomic E-state index is 11.9. The molecule has 1 atom stereocenters. The molecular formula is C12H24N2O3. The Kier molecular flexibility index (Phi) is 5.13. The molecule has 0 fully saturated rings. The molecule has 1 amide bonds. The van der Waals surface area contributed by atoms with Crippen molar-refractivity contribution in [2.75, 3.05) is 6.54 Å². The first-order valence-corrected chi connectivity index (χ1v) is 5.75. The van der Waals surface area contributed by atoms with Gasteiger partial charge in [-0.05, 0) is 25.7 Å². The topological polar surface area (TPSA) is 92.4 Å². The van der Waals surface area contributed by atoms with Gasteiger partial charge in [-0.3, -0.25) is 4.79 Å². The zero-order valence-electron chi connectivity index (χ0n) is 11.3. The van der Waals surface area contributed by atoms with Crippen molar-refractivity contribution in [2.24, 2.45) is 17.1 Å². The van der Waals surface area contributed by atoms with Crippen molar-refractivity contribution in [1.82, 2.24) is 5.32 Å². The van der Waals surface area contributed by atoms with Crippen molar-refractivity contribution in [3.63, 3.8) is 0 Å². The normalized spacial score (nSPS) is 14.2. The molecule has 0 heterocycles. The molecule has 0 spiro atoms. The molecule has 17 heavy (non-hydrogen) atoms. The lowest BCUT2D eigenvalue weighted by atomic mass is 9.84. The summed E-state index contributed by atoms with van der Waals surface area (Å²) in [4.78, 5) is 22.8. The van der Waals surface area contributed by atoms with Gasteiger partial charge < -0.3 is 16.2 Å². The number of rotatable bonds is 5. The summed E-state index contributed by atoms with van der Waals surface area (Å²) >= 11 is 0. The highest BCUT2D eigenvalue weighted by Crippen LogP contribution is 2.24. The zero-order valence-corrected chi connectivity index (χ0v) is 11.3. The number of hydrogen-bond donors (Lipinski definition) is 3. The summed E-state index contributed by atoms with van der Waals surface area (Å²) in [5, 5.41) is 11.4. The lowest BCUT2D eigenvalue weighted by Gasteiger charge is -2.28. The maximum Gasteiger partial charge on any atom is 0.328 e. The van der Waals surface area contributed by atoms with Gasteiger partial charge in [0.2, 0.25) is 5.91 Å². The van der Waals surface area contributed by atoms with Crippen LogP contribution in [0.25, 0.3) is 0 Å². The van der Waals surface area contributed by atoms with Crippen LogP contribution in [0, 0.1) is 11.3 Å². The fourth-order valence-corrected chi connectivity index (χ4v) is 1.49. The van der Waals surface area contributed by atoms with Crippen LogP contribution in [0.3, 0.4) is 0 Å². The molecule has 100 valence electrons. The molecule has 0 aliphatic rings. The quantitative estimate of drug-likeness (QED) is 0.672. The van der Waals surface area contributed by atoms with Crippen LogP contribution in [-0.4, -0.2) is 29.1 Å². The molecule has 5 nitrogen and oxygen atoms in total. The Morgan fingerprint density at radius 3 is 2.00 bits per heavy atom. The number of carboxylic acids is 1. The molecule has 0 saturated carbocycles. The van der Waals surface area contributed by atoms with Crippen molar-refractivity contribution >= 4 is 11.9 Å². The molecule has 0 aromatic rings. The second kappa shape index (κ2) is 5.49. The summed E-state index contributed by atoms with van der Waals surface area (Å²) < 4.78 is 0. The summed E-state index contributed by atoms with van der Waals surface area (Å²) in [6, 6.07) is 0. The lowest BCUT2D eigenvalue weighted by Crippen LogP contribution is -2.52. The Morgan fingerprint density at radius 1 is 1.24 bits per heavy atom. The van der Waals surface area contributed by atoms with Gasteiger partial charge in [0.05, 0.1) is 5.92 Å². The molecule has 0 aromatic heterocycles. The third kappa shape index (κ3) is 5.68. The van der Waals surface area contributed by atoms with Crippen LogP contribution in [0.4, 0.5) is 0 Å². The standard InChI is InChI=1S/C12H24N2O3/c1-11(2,3)6-8(7-13)9(15)14-12(4,5)10(16)17/h8H,6-7,13H2,1-5H3,(H,14,15)(H,16,17). The first-order chi connectivity index (χ1) is 7.49. The number of carbonyl (C=O) groups is 2. The summed E-state index contributed by atoms with van der Waals surface area (Å²) in [5.41, 5.74) is 4.29. The summed E-state index contributed by atoms with van der Waals surface area (Å²) in [7, 11) is 0. The van der Waals surface area contributed by atoms with Gasteiger partial charge >= 0.3 is 5.97 Å². The second-order valence-corrected chi connectivity index (χ2v) is 6.12. The minimum atomic E-state index is -1.26. The third-order valence-electron chi connectivity index (χ3n) is 2.48. The van der Waals surface area contributed by atoms with E-state index in [1.54, 1.807) is 0 Å². The Labute approximate surface area is 103 Å².